The lowest BCUT2D eigenvalue weighted by atomic mass is 10.2. The Labute approximate surface area is 160 Å². The predicted octanol–water partition coefficient (Wildman–Crippen LogP) is 3.43. The Morgan fingerprint density at radius 3 is 2.68 bits per heavy atom. The first-order valence-electron chi connectivity index (χ1n) is 8.85. The number of thiophene rings is 1. The number of rotatable bonds is 4. The van der Waals surface area contributed by atoms with Gasteiger partial charge >= 0.3 is 0 Å². The Morgan fingerprint density at radius 2 is 1.92 bits per heavy atom. The van der Waals surface area contributed by atoms with Crippen molar-refractivity contribution < 1.29 is 0 Å². The first-order valence-corrected chi connectivity index (χ1v) is 10.5. The van der Waals surface area contributed by atoms with Gasteiger partial charge in [0.25, 0.3) is 0 Å². The van der Waals surface area contributed by atoms with Crippen LogP contribution in [0.25, 0.3) is 21.3 Å². The van der Waals surface area contributed by atoms with Crippen LogP contribution in [-0.2, 0) is 13.5 Å². The highest BCUT2D eigenvalue weighted by Crippen LogP contribution is 2.35. The lowest BCUT2D eigenvalue weighted by molar-refractivity contribution is 0.153. The highest BCUT2D eigenvalue weighted by atomic mass is 79.9. The van der Waals surface area contributed by atoms with E-state index < -0.39 is 0 Å². The molecule has 0 spiro atoms. The van der Waals surface area contributed by atoms with Crippen LogP contribution < -0.4 is 0 Å². The van der Waals surface area contributed by atoms with Gasteiger partial charge in [0, 0.05) is 39.6 Å². The molecule has 0 saturated carbocycles. The molecule has 0 amide bonds. The van der Waals surface area contributed by atoms with E-state index in [0.717, 1.165) is 39.9 Å². The van der Waals surface area contributed by atoms with Gasteiger partial charge in [-0.2, -0.15) is 0 Å². The fourth-order valence-corrected chi connectivity index (χ4v) is 5.26. The minimum absolute atomic E-state index is 1.02. The number of aryl methyl sites for hydroxylation is 3. The average molecular weight is 422 g/mol. The molecule has 0 radical (unpaired) electrons. The molecule has 3 aromatic heterocycles. The smallest absolute Gasteiger partial charge is 0.111 e. The van der Waals surface area contributed by atoms with E-state index in [0.29, 0.717) is 0 Å². The second-order valence-corrected chi connectivity index (χ2v) is 9.43. The third-order valence-electron chi connectivity index (χ3n) is 5.19. The Morgan fingerprint density at radius 1 is 1.16 bits per heavy atom. The molecule has 1 aliphatic heterocycles. The maximum Gasteiger partial charge on any atom is 0.111 e. The summed E-state index contributed by atoms with van der Waals surface area (Å²) in [4.78, 5) is 14.6. The van der Waals surface area contributed by atoms with Crippen LogP contribution in [0.1, 0.15) is 17.9 Å². The summed E-state index contributed by atoms with van der Waals surface area (Å²) in [5.41, 5.74) is 4.37. The van der Waals surface area contributed by atoms with Gasteiger partial charge < -0.3 is 14.4 Å². The molecule has 1 saturated heterocycles. The van der Waals surface area contributed by atoms with Gasteiger partial charge in [-0.3, -0.25) is 0 Å². The normalized spacial score (nSPS) is 17.1. The molecule has 3 aromatic rings. The second-order valence-electron chi connectivity index (χ2n) is 6.99. The third kappa shape index (κ3) is 3.35. The largest absolute Gasteiger partial charge is 0.330 e. The zero-order chi connectivity index (χ0) is 17.6. The van der Waals surface area contributed by atoms with E-state index in [4.69, 9.17) is 9.97 Å². The summed E-state index contributed by atoms with van der Waals surface area (Å²) in [5.74, 6) is 1.17. The van der Waals surface area contributed by atoms with E-state index in [2.05, 4.69) is 57.4 Å². The van der Waals surface area contributed by atoms with Gasteiger partial charge in [0.1, 0.15) is 11.3 Å². The predicted molar refractivity (Wildman–Crippen MR) is 109 cm³/mol. The quantitative estimate of drug-likeness (QED) is 0.646. The highest BCUT2D eigenvalue weighted by Gasteiger charge is 2.17. The standard InChI is InChI=1S/C18H24BrN5S/c1-12-16-17(18-13(20-12)11-14(19)25-18)23(3)15(21-16)5-4-6-24-9-7-22(2)8-10-24/h11H,4-10H2,1-3H3. The van der Waals surface area contributed by atoms with Crippen molar-refractivity contribution in [1.29, 1.82) is 0 Å². The fourth-order valence-electron chi connectivity index (χ4n) is 3.65. The van der Waals surface area contributed by atoms with Gasteiger partial charge in [-0.05, 0) is 48.9 Å². The summed E-state index contributed by atoms with van der Waals surface area (Å²) in [5, 5.41) is 0. The molecule has 7 heteroatoms. The van der Waals surface area contributed by atoms with Gasteiger partial charge in [-0.15, -0.1) is 11.3 Å². The molecule has 5 nitrogen and oxygen atoms in total. The number of imidazole rings is 1. The first-order chi connectivity index (χ1) is 12.0. The maximum atomic E-state index is 4.93. The van der Waals surface area contributed by atoms with Crippen LogP contribution in [-0.4, -0.2) is 64.1 Å². The van der Waals surface area contributed by atoms with Gasteiger partial charge in [0.05, 0.1) is 25.2 Å². The summed E-state index contributed by atoms with van der Waals surface area (Å²) >= 11 is 5.34. The Balaban J connectivity index is 1.55. The number of pyridine rings is 1. The number of piperazine rings is 1. The molecule has 0 unspecified atom stereocenters. The molecule has 0 atom stereocenters. The van der Waals surface area contributed by atoms with Crippen molar-refractivity contribution in [3.05, 3.63) is 21.4 Å². The second kappa shape index (κ2) is 6.95. The Bertz CT molecular complexity index is 907. The molecule has 4 rings (SSSR count). The number of halogens is 1. The van der Waals surface area contributed by atoms with Crippen molar-refractivity contribution in [2.45, 2.75) is 19.8 Å². The molecule has 25 heavy (non-hydrogen) atoms. The van der Waals surface area contributed by atoms with Crippen molar-refractivity contribution in [3.8, 4) is 0 Å². The molecule has 0 aromatic carbocycles. The SMILES string of the molecule is Cc1nc2cc(Br)sc2c2c1nc(CCCN1CCN(C)CC1)n2C. The van der Waals surface area contributed by atoms with Crippen LogP contribution in [0.4, 0.5) is 0 Å². The Kier molecular flexibility index (Phi) is 4.83. The lowest BCUT2D eigenvalue weighted by Crippen LogP contribution is -2.44. The fraction of sp³-hybridized carbons (Fsp3) is 0.556. The number of hydrogen-bond donors (Lipinski definition) is 0. The average Bonchev–Trinajstić information content (AvgIpc) is 3.10. The Hall–Kier alpha value is -1.02. The third-order valence-corrected chi connectivity index (χ3v) is 6.82. The van der Waals surface area contributed by atoms with Crippen molar-refractivity contribution >= 4 is 48.5 Å². The van der Waals surface area contributed by atoms with Gasteiger partial charge in [-0.1, -0.05) is 0 Å². The van der Waals surface area contributed by atoms with Crippen LogP contribution >= 0.6 is 27.3 Å². The maximum absolute atomic E-state index is 4.93. The summed E-state index contributed by atoms with van der Waals surface area (Å²) < 4.78 is 4.63. The summed E-state index contributed by atoms with van der Waals surface area (Å²) in [6.07, 6.45) is 2.18. The molecular formula is C18H24BrN5S. The van der Waals surface area contributed by atoms with Gasteiger partial charge in [-0.25, -0.2) is 9.97 Å². The van der Waals surface area contributed by atoms with Crippen LogP contribution in [0.3, 0.4) is 0 Å². The van der Waals surface area contributed by atoms with E-state index in [-0.39, 0.29) is 0 Å². The molecule has 4 heterocycles. The number of aromatic nitrogens is 3. The van der Waals surface area contributed by atoms with Crippen LogP contribution in [0.5, 0.6) is 0 Å². The van der Waals surface area contributed by atoms with E-state index in [1.54, 1.807) is 11.3 Å². The van der Waals surface area contributed by atoms with Crippen molar-refractivity contribution in [3.63, 3.8) is 0 Å². The van der Waals surface area contributed by atoms with Crippen LogP contribution in [0, 0.1) is 6.92 Å². The van der Waals surface area contributed by atoms with Gasteiger partial charge in [0.2, 0.25) is 0 Å². The van der Waals surface area contributed by atoms with Crippen LogP contribution in [0.2, 0.25) is 0 Å². The molecule has 1 fully saturated rings. The zero-order valence-electron chi connectivity index (χ0n) is 15.0. The molecule has 0 N–H and O–H groups in total. The first kappa shape index (κ1) is 17.4. The topological polar surface area (TPSA) is 37.2 Å². The van der Waals surface area contributed by atoms with E-state index >= 15 is 0 Å². The number of fused-ring (bicyclic) bond motifs is 3. The number of nitrogens with zero attached hydrogens (tertiary/aromatic N) is 5. The molecule has 134 valence electrons. The lowest BCUT2D eigenvalue weighted by Gasteiger charge is -2.32. The molecule has 0 bridgehead atoms. The summed E-state index contributed by atoms with van der Waals surface area (Å²) in [6, 6.07) is 2.10. The highest BCUT2D eigenvalue weighted by molar-refractivity contribution is 9.11. The minimum atomic E-state index is 1.02. The zero-order valence-corrected chi connectivity index (χ0v) is 17.5. The number of likely N-dealkylation sites (N-methyl/N-ethyl adjacent to an activating group) is 1. The minimum Gasteiger partial charge on any atom is -0.330 e. The van der Waals surface area contributed by atoms with Crippen molar-refractivity contribution in [1.82, 2.24) is 24.3 Å². The van der Waals surface area contributed by atoms with E-state index in [1.807, 2.05) is 0 Å². The molecule has 1 aliphatic rings. The molecular weight excluding hydrogens is 398 g/mol. The van der Waals surface area contributed by atoms with E-state index in [1.165, 1.54) is 42.2 Å². The van der Waals surface area contributed by atoms with Gasteiger partial charge in [0.15, 0.2) is 0 Å². The van der Waals surface area contributed by atoms with Crippen molar-refractivity contribution in [2.75, 3.05) is 39.8 Å². The van der Waals surface area contributed by atoms with Crippen LogP contribution in [0.15, 0.2) is 9.85 Å². The van der Waals surface area contributed by atoms with Crippen molar-refractivity contribution in [2.24, 2.45) is 7.05 Å². The molecule has 0 aliphatic carbocycles. The monoisotopic (exact) mass is 421 g/mol. The van der Waals surface area contributed by atoms with E-state index in [9.17, 15) is 0 Å². The number of hydrogen-bond acceptors (Lipinski definition) is 5. The summed E-state index contributed by atoms with van der Waals surface area (Å²) in [7, 11) is 4.35. The summed E-state index contributed by atoms with van der Waals surface area (Å²) in [6.45, 7) is 7.96.